The molecule has 0 spiro atoms. The summed E-state index contributed by atoms with van der Waals surface area (Å²) >= 11 is 0. The van der Waals surface area contributed by atoms with Crippen LogP contribution in [0.3, 0.4) is 0 Å². The highest BCUT2D eigenvalue weighted by Crippen LogP contribution is 2.36. The summed E-state index contributed by atoms with van der Waals surface area (Å²) in [5, 5.41) is 17.1. The van der Waals surface area contributed by atoms with Crippen molar-refractivity contribution in [2.45, 2.75) is 18.9 Å². The highest BCUT2D eigenvalue weighted by atomic mass is 19.1. The number of carbonyl (C=O) groups is 1. The van der Waals surface area contributed by atoms with Crippen molar-refractivity contribution in [3.05, 3.63) is 47.7 Å². The number of rotatable bonds is 3. The number of fused-ring (bicyclic) bond motifs is 1. The number of anilines is 1. The van der Waals surface area contributed by atoms with Gasteiger partial charge in [-0.1, -0.05) is 6.07 Å². The quantitative estimate of drug-likeness (QED) is 0.658. The van der Waals surface area contributed by atoms with Gasteiger partial charge in [-0.15, -0.1) is 0 Å². The highest BCUT2D eigenvalue weighted by Gasteiger charge is 2.27. The molecule has 4 N–H and O–H groups in total. The number of hydrogen-bond acceptors (Lipinski definition) is 4. The van der Waals surface area contributed by atoms with E-state index in [4.69, 9.17) is 5.73 Å². The minimum Gasteiger partial charge on any atom is -0.393 e. The number of aliphatic hydroxyl groups excluding tert-OH is 1. The van der Waals surface area contributed by atoms with Gasteiger partial charge in [0.25, 0.3) is 5.91 Å². The Bertz CT molecular complexity index is 1030. The fraction of sp³-hybridized carbons (Fsp3) is 0.263. The molecule has 6 nitrogen and oxygen atoms in total. The minimum absolute atomic E-state index is 0.111. The van der Waals surface area contributed by atoms with Crippen molar-refractivity contribution >= 4 is 22.5 Å². The van der Waals surface area contributed by atoms with Gasteiger partial charge in [0.2, 0.25) is 0 Å². The number of aromatic amines is 1. The number of H-pyrrole nitrogens is 1. The van der Waals surface area contributed by atoms with E-state index < -0.39 is 23.6 Å². The molecule has 0 aliphatic carbocycles. The summed E-state index contributed by atoms with van der Waals surface area (Å²) < 4.78 is 30.3. The van der Waals surface area contributed by atoms with Crippen LogP contribution in [0.1, 0.15) is 23.2 Å². The van der Waals surface area contributed by atoms with Gasteiger partial charge in [-0.25, -0.2) is 8.78 Å². The predicted octanol–water partition coefficient (Wildman–Crippen LogP) is 2.57. The molecule has 4 rings (SSSR count). The van der Waals surface area contributed by atoms with Crippen LogP contribution in [0.5, 0.6) is 0 Å². The summed E-state index contributed by atoms with van der Waals surface area (Å²) in [6.07, 6.45) is 2.06. The molecule has 8 heteroatoms. The molecule has 1 aliphatic heterocycles. The summed E-state index contributed by atoms with van der Waals surface area (Å²) in [7, 11) is 0. The summed E-state index contributed by atoms with van der Waals surface area (Å²) in [5.74, 6) is -2.70. The van der Waals surface area contributed by atoms with Crippen LogP contribution in [-0.2, 0) is 0 Å². The van der Waals surface area contributed by atoms with Gasteiger partial charge in [0.1, 0.15) is 5.82 Å². The molecule has 0 radical (unpaired) electrons. The Kier molecular flexibility index (Phi) is 4.27. The number of hydrogen-bond donors (Lipinski definition) is 3. The SMILES string of the molecule is NC(=O)c1cc(N2CCC(O)CC2)c(F)c(-c2ccc3[nH]ncc3c2)c1F. The van der Waals surface area contributed by atoms with Crippen LogP contribution in [0.2, 0.25) is 0 Å². The fourth-order valence-electron chi connectivity index (χ4n) is 3.49. The molecule has 0 saturated carbocycles. The van der Waals surface area contributed by atoms with Gasteiger partial charge in [0, 0.05) is 18.5 Å². The number of nitrogens with two attached hydrogens (primary N) is 1. The minimum atomic E-state index is -0.983. The standard InChI is InChI=1S/C19H18F2N4O2/c20-17-13(19(22)27)8-15(25-5-3-12(26)4-6-25)18(21)16(17)10-1-2-14-11(7-10)9-23-24-14/h1-2,7-9,12,26H,3-6H2,(H2,22,27)(H,23,24). The van der Waals surface area contributed by atoms with E-state index in [1.165, 1.54) is 0 Å². The van der Waals surface area contributed by atoms with Crippen LogP contribution in [0.4, 0.5) is 14.5 Å². The average Bonchev–Trinajstić information content (AvgIpc) is 3.10. The molecule has 1 aromatic heterocycles. The lowest BCUT2D eigenvalue weighted by Crippen LogP contribution is -2.36. The maximum atomic E-state index is 15.4. The van der Waals surface area contributed by atoms with Crippen molar-refractivity contribution in [2.24, 2.45) is 5.73 Å². The first-order valence-electron chi connectivity index (χ1n) is 8.64. The summed E-state index contributed by atoms with van der Waals surface area (Å²) in [6, 6.07) is 6.00. The number of aromatic nitrogens is 2. The lowest BCUT2D eigenvalue weighted by Gasteiger charge is -2.32. The number of piperidine rings is 1. The summed E-state index contributed by atoms with van der Waals surface area (Å²) in [4.78, 5) is 13.5. The second-order valence-electron chi connectivity index (χ2n) is 6.70. The molecule has 2 heterocycles. The Morgan fingerprint density at radius 1 is 1.22 bits per heavy atom. The molecule has 27 heavy (non-hydrogen) atoms. The lowest BCUT2D eigenvalue weighted by atomic mass is 9.97. The van der Waals surface area contributed by atoms with E-state index in [1.807, 2.05) is 0 Å². The molecule has 1 fully saturated rings. The van der Waals surface area contributed by atoms with E-state index >= 15 is 4.39 Å². The second-order valence-corrected chi connectivity index (χ2v) is 6.70. The van der Waals surface area contributed by atoms with Crippen LogP contribution in [0.25, 0.3) is 22.0 Å². The van der Waals surface area contributed by atoms with E-state index in [0.29, 0.717) is 36.9 Å². The van der Waals surface area contributed by atoms with Crippen LogP contribution in [0, 0.1) is 11.6 Å². The Morgan fingerprint density at radius 2 is 1.96 bits per heavy atom. The maximum absolute atomic E-state index is 15.4. The van der Waals surface area contributed by atoms with Crippen molar-refractivity contribution in [3.8, 4) is 11.1 Å². The van der Waals surface area contributed by atoms with E-state index in [1.54, 1.807) is 29.3 Å². The Morgan fingerprint density at radius 3 is 2.67 bits per heavy atom. The first-order chi connectivity index (χ1) is 13.0. The molecule has 1 amide bonds. The largest absolute Gasteiger partial charge is 0.393 e. The number of benzene rings is 2. The number of amides is 1. The third-order valence-electron chi connectivity index (χ3n) is 4.98. The van der Waals surface area contributed by atoms with E-state index in [2.05, 4.69) is 10.2 Å². The van der Waals surface area contributed by atoms with Crippen LogP contribution in [0.15, 0.2) is 30.5 Å². The van der Waals surface area contributed by atoms with Gasteiger partial charge in [-0.05, 0) is 36.6 Å². The summed E-state index contributed by atoms with van der Waals surface area (Å²) in [5.41, 5.74) is 5.81. The first-order valence-corrected chi connectivity index (χ1v) is 8.64. The van der Waals surface area contributed by atoms with Gasteiger partial charge in [0.05, 0.1) is 34.6 Å². The Labute approximate surface area is 153 Å². The molecule has 0 unspecified atom stereocenters. The van der Waals surface area contributed by atoms with E-state index in [0.717, 1.165) is 11.6 Å². The summed E-state index contributed by atoms with van der Waals surface area (Å²) in [6.45, 7) is 0.810. The van der Waals surface area contributed by atoms with Crippen molar-refractivity contribution in [3.63, 3.8) is 0 Å². The number of aliphatic hydroxyl groups is 1. The number of nitrogens with zero attached hydrogens (tertiary/aromatic N) is 2. The molecule has 2 aromatic carbocycles. The Balaban J connectivity index is 1.90. The predicted molar refractivity (Wildman–Crippen MR) is 97.4 cm³/mol. The molecule has 3 aromatic rings. The zero-order valence-electron chi connectivity index (χ0n) is 14.4. The van der Waals surface area contributed by atoms with Crippen LogP contribution < -0.4 is 10.6 Å². The average molecular weight is 372 g/mol. The van der Waals surface area contributed by atoms with Gasteiger partial charge in [-0.3, -0.25) is 9.89 Å². The normalized spacial score (nSPS) is 15.4. The van der Waals surface area contributed by atoms with E-state index in [9.17, 15) is 14.3 Å². The maximum Gasteiger partial charge on any atom is 0.251 e. The highest BCUT2D eigenvalue weighted by molar-refractivity contribution is 5.97. The molecule has 0 bridgehead atoms. The van der Waals surface area contributed by atoms with Crippen LogP contribution >= 0.6 is 0 Å². The van der Waals surface area contributed by atoms with Crippen molar-refractivity contribution < 1.29 is 18.7 Å². The molecule has 0 atom stereocenters. The number of primary amides is 1. The molecule has 1 saturated heterocycles. The monoisotopic (exact) mass is 372 g/mol. The number of halogens is 2. The van der Waals surface area contributed by atoms with Gasteiger partial charge < -0.3 is 15.7 Å². The number of nitrogens with one attached hydrogen (secondary N) is 1. The molecular weight excluding hydrogens is 354 g/mol. The smallest absolute Gasteiger partial charge is 0.251 e. The van der Waals surface area contributed by atoms with E-state index in [-0.39, 0.29) is 16.8 Å². The molecule has 140 valence electrons. The fourth-order valence-corrected chi connectivity index (χ4v) is 3.49. The van der Waals surface area contributed by atoms with Crippen LogP contribution in [-0.4, -0.2) is 40.4 Å². The van der Waals surface area contributed by atoms with Crippen molar-refractivity contribution in [2.75, 3.05) is 18.0 Å². The zero-order chi connectivity index (χ0) is 19.1. The lowest BCUT2D eigenvalue weighted by molar-refractivity contribution is 0.0996. The van der Waals surface area contributed by atoms with Crippen molar-refractivity contribution in [1.29, 1.82) is 0 Å². The molecule has 1 aliphatic rings. The van der Waals surface area contributed by atoms with Crippen molar-refractivity contribution in [1.82, 2.24) is 10.2 Å². The third-order valence-corrected chi connectivity index (χ3v) is 4.98. The second kappa shape index (κ2) is 6.62. The number of carbonyl (C=O) groups excluding carboxylic acids is 1. The zero-order valence-corrected chi connectivity index (χ0v) is 14.4. The van der Waals surface area contributed by atoms with Gasteiger partial charge in [0.15, 0.2) is 5.82 Å². The first kappa shape index (κ1) is 17.4. The molecular formula is C19H18F2N4O2. The van der Waals surface area contributed by atoms with Gasteiger partial charge in [-0.2, -0.15) is 5.10 Å². The Hall–Kier alpha value is -3.00. The third kappa shape index (κ3) is 3.02. The topological polar surface area (TPSA) is 95.2 Å². The van der Waals surface area contributed by atoms with Gasteiger partial charge >= 0.3 is 0 Å².